The normalized spacial score (nSPS) is 13.3. The maximum atomic E-state index is 9.27. The smallest absolute Gasteiger partial charge is 0.124 e. The Hall–Kier alpha value is -1.55. The number of fused-ring (bicyclic) bond motifs is 1. The van der Waals surface area contributed by atoms with Gasteiger partial charge in [0.05, 0.1) is 17.1 Å². The summed E-state index contributed by atoms with van der Waals surface area (Å²) < 4.78 is 0. The molecule has 0 aliphatic heterocycles. The fraction of sp³-hybridized carbons (Fsp3) is 0.300. The van der Waals surface area contributed by atoms with Crippen LogP contribution in [-0.4, -0.2) is 22.1 Å². The molecule has 0 aliphatic carbocycles. The number of aromatic amines is 1. The highest BCUT2D eigenvalue weighted by Gasteiger charge is 2.08. The van der Waals surface area contributed by atoms with Crippen molar-refractivity contribution < 1.29 is 5.11 Å². The lowest BCUT2D eigenvalue weighted by atomic mass is 10.3. The van der Waals surface area contributed by atoms with Gasteiger partial charge in [0.25, 0.3) is 0 Å². The van der Waals surface area contributed by atoms with E-state index in [1.54, 1.807) is 18.2 Å². The van der Waals surface area contributed by atoms with Crippen LogP contribution in [0.1, 0.15) is 18.8 Å². The number of benzene rings is 1. The van der Waals surface area contributed by atoms with E-state index in [4.69, 9.17) is 0 Å². The Morgan fingerprint density at radius 1 is 1.50 bits per heavy atom. The molecule has 2 aromatic rings. The number of imidazole rings is 1. The van der Waals surface area contributed by atoms with Gasteiger partial charge in [-0.3, -0.25) is 0 Å². The lowest BCUT2D eigenvalue weighted by Gasteiger charge is -2.04. The summed E-state index contributed by atoms with van der Waals surface area (Å²) in [4.78, 5) is 7.55. The van der Waals surface area contributed by atoms with Crippen LogP contribution in [0.2, 0.25) is 0 Å². The first kappa shape index (κ1) is 9.02. The Balaban J connectivity index is 2.51. The largest absolute Gasteiger partial charge is 0.508 e. The van der Waals surface area contributed by atoms with E-state index in [-0.39, 0.29) is 11.8 Å². The van der Waals surface area contributed by atoms with Gasteiger partial charge in [-0.1, -0.05) is 0 Å². The lowest BCUT2D eigenvalue weighted by Crippen LogP contribution is -2.13. The van der Waals surface area contributed by atoms with Crippen molar-refractivity contribution in [1.29, 1.82) is 0 Å². The summed E-state index contributed by atoms with van der Waals surface area (Å²) in [6.45, 7) is 2.03. The van der Waals surface area contributed by atoms with Crippen LogP contribution in [0.25, 0.3) is 11.0 Å². The molecule has 3 N–H and O–H groups in total. The Morgan fingerprint density at radius 2 is 2.29 bits per heavy atom. The zero-order valence-electron chi connectivity index (χ0n) is 8.20. The van der Waals surface area contributed by atoms with Gasteiger partial charge in [-0.25, -0.2) is 4.98 Å². The van der Waals surface area contributed by atoms with E-state index >= 15 is 0 Å². The third-order valence-corrected chi connectivity index (χ3v) is 2.33. The fourth-order valence-electron chi connectivity index (χ4n) is 1.36. The number of H-pyrrole nitrogens is 1. The van der Waals surface area contributed by atoms with Crippen LogP contribution >= 0.6 is 0 Å². The predicted molar refractivity (Wildman–Crippen MR) is 55.2 cm³/mol. The van der Waals surface area contributed by atoms with Gasteiger partial charge in [0, 0.05) is 6.07 Å². The predicted octanol–water partition coefficient (Wildman–Crippen LogP) is 1.55. The summed E-state index contributed by atoms with van der Waals surface area (Å²) in [7, 11) is 1.88. The van der Waals surface area contributed by atoms with Gasteiger partial charge in [-0.15, -0.1) is 0 Å². The molecule has 1 unspecified atom stereocenters. The molecule has 74 valence electrons. The SMILES string of the molecule is CNC(C)c1nc2ccc(O)cc2[nH]1. The molecule has 0 fully saturated rings. The quantitative estimate of drug-likeness (QED) is 0.675. The van der Waals surface area contributed by atoms with E-state index < -0.39 is 0 Å². The summed E-state index contributed by atoms with van der Waals surface area (Å²) in [6.07, 6.45) is 0. The highest BCUT2D eigenvalue weighted by molar-refractivity contribution is 5.76. The molecule has 0 amide bonds. The molecule has 14 heavy (non-hydrogen) atoms. The van der Waals surface area contributed by atoms with Crippen LogP contribution in [0.4, 0.5) is 0 Å². The van der Waals surface area contributed by atoms with Crippen molar-refractivity contribution in [2.24, 2.45) is 0 Å². The number of rotatable bonds is 2. The number of phenols is 1. The maximum absolute atomic E-state index is 9.27. The third-order valence-electron chi connectivity index (χ3n) is 2.33. The minimum absolute atomic E-state index is 0.185. The second-order valence-corrected chi connectivity index (χ2v) is 3.33. The molecule has 0 saturated heterocycles. The summed E-state index contributed by atoms with van der Waals surface area (Å²) in [5, 5.41) is 12.4. The first-order valence-electron chi connectivity index (χ1n) is 4.56. The zero-order chi connectivity index (χ0) is 10.1. The molecule has 2 rings (SSSR count). The maximum Gasteiger partial charge on any atom is 0.124 e. The van der Waals surface area contributed by atoms with E-state index in [1.165, 1.54) is 0 Å². The minimum atomic E-state index is 0.185. The molecule has 0 bridgehead atoms. The van der Waals surface area contributed by atoms with Crippen molar-refractivity contribution in [3.05, 3.63) is 24.0 Å². The van der Waals surface area contributed by atoms with E-state index in [0.717, 1.165) is 16.9 Å². The molecule has 1 aromatic carbocycles. The first-order chi connectivity index (χ1) is 6.70. The lowest BCUT2D eigenvalue weighted by molar-refractivity contribution is 0.476. The van der Waals surface area contributed by atoms with Crippen molar-refractivity contribution in [3.8, 4) is 5.75 Å². The van der Waals surface area contributed by atoms with Gasteiger partial charge in [0.15, 0.2) is 0 Å². The Kier molecular flexibility index (Phi) is 2.13. The molecule has 1 aromatic heterocycles. The summed E-state index contributed by atoms with van der Waals surface area (Å²) >= 11 is 0. The minimum Gasteiger partial charge on any atom is -0.508 e. The monoisotopic (exact) mass is 191 g/mol. The summed E-state index contributed by atoms with van der Waals surface area (Å²) in [5.74, 6) is 1.14. The van der Waals surface area contributed by atoms with Gasteiger partial charge >= 0.3 is 0 Å². The number of nitrogens with one attached hydrogen (secondary N) is 2. The number of nitrogens with zero attached hydrogens (tertiary/aromatic N) is 1. The highest BCUT2D eigenvalue weighted by Crippen LogP contribution is 2.19. The first-order valence-corrected chi connectivity index (χ1v) is 4.56. The van der Waals surface area contributed by atoms with Gasteiger partial charge in [-0.2, -0.15) is 0 Å². The number of hydrogen-bond acceptors (Lipinski definition) is 3. The summed E-state index contributed by atoms with van der Waals surface area (Å²) in [5.41, 5.74) is 1.74. The van der Waals surface area contributed by atoms with E-state index in [9.17, 15) is 5.11 Å². The van der Waals surface area contributed by atoms with Crippen molar-refractivity contribution >= 4 is 11.0 Å². The van der Waals surface area contributed by atoms with E-state index in [2.05, 4.69) is 15.3 Å². The molecule has 4 nitrogen and oxygen atoms in total. The van der Waals surface area contributed by atoms with Gasteiger partial charge in [0.1, 0.15) is 11.6 Å². The number of phenolic OH excluding ortho intramolecular Hbond substituents is 1. The average Bonchev–Trinajstić information content (AvgIpc) is 2.59. The van der Waals surface area contributed by atoms with Crippen LogP contribution in [0.15, 0.2) is 18.2 Å². The van der Waals surface area contributed by atoms with Crippen LogP contribution in [0.5, 0.6) is 5.75 Å². The van der Waals surface area contributed by atoms with Gasteiger partial charge in [-0.05, 0) is 26.1 Å². The Morgan fingerprint density at radius 3 is 3.00 bits per heavy atom. The van der Waals surface area contributed by atoms with E-state index in [1.807, 2.05) is 14.0 Å². The van der Waals surface area contributed by atoms with Crippen LogP contribution in [-0.2, 0) is 0 Å². The standard InChI is InChI=1S/C10H13N3O/c1-6(11-2)10-12-8-4-3-7(14)5-9(8)13-10/h3-6,11,14H,1-2H3,(H,12,13). The zero-order valence-corrected chi connectivity index (χ0v) is 8.20. The molecule has 0 radical (unpaired) electrons. The molecule has 4 heteroatoms. The Bertz CT molecular complexity index is 450. The number of hydrogen-bond donors (Lipinski definition) is 3. The highest BCUT2D eigenvalue weighted by atomic mass is 16.3. The molecule has 1 heterocycles. The van der Waals surface area contributed by atoms with Crippen LogP contribution in [0, 0.1) is 0 Å². The summed E-state index contributed by atoms with van der Waals surface area (Å²) in [6, 6.07) is 5.29. The van der Waals surface area contributed by atoms with Crippen molar-refractivity contribution in [3.63, 3.8) is 0 Å². The number of aromatic hydroxyl groups is 1. The topological polar surface area (TPSA) is 60.9 Å². The second kappa shape index (κ2) is 3.31. The molecular formula is C10H13N3O. The van der Waals surface area contributed by atoms with Crippen molar-refractivity contribution in [2.45, 2.75) is 13.0 Å². The second-order valence-electron chi connectivity index (χ2n) is 3.33. The van der Waals surface area contributed by atoms with Gasteiger partial charge < -0.3 is 15.4 Å². The molecule has 0 spiro atoms. The number of aromatic nitrogens is 2. The van der Waals surface area contributed by atoms with Crippen LogP contribution in [0.3, 0.4) is 0 Å². The molecule has 0 saturated carbocycles. The Labute approximate surface area is 82.0 Å². The van der Waals surface area contributed by atoms with Crippen LogP contribution < -0.4 is 5.32 Å². The fourth-order valence-corrected chi connectivity index (χ4v) is 1.36. The van der Waals surface area contributed by atoms with Gasteiger partial charge in [0.2, 0.25) is 0 Å². The van der Waals surface area contributed by atoms with Crippen molar-refractivity contribution in [1.82, 2.24) is 15.3 Å². The van der Waals surface area contributed by atoms with E-state index in [0.29, 0.717) is 0 Å². The molecule has 0 aliphatic rings. The average molecular weight is 191 g/mol. The molecule has 1 atom stereocenters. The molecular weight excluding hydrogens is 178 g/mol. The third kappa shape index (κ3) is 1.44. The van der Waals surface area contributed by atoms with Crippen molar-refractivity contribution in [2.75, 3.05) is 7.05 Å².